The Bertz CT molecular complexity index is 670. The first kappa shape index (κ1) is 17.8. The molecular formula is C16H18F2N2O4. The average Bonchev–Trinajstić information content (AvgIpc) is 2.56. The van der Waals surface area contributed by atoms with Crippen LogP contribution in [0.3, 0.4) is 0 Å². The minimum absolute atomic E-state index is 0.451. The van der Waals surface area contributed by atoms with Crippen LogP contribution in [0.1, 0.15) is 30.1 Å². The smallest absolute Gasteiger partial charge is 0.340 e. The normalized spacial score (nSPS) is 15.1. The first-order chi connectivity index (χ1) is 11.3. The second-order valence-corrected chi connectivity index (χ2v) is 5.73. The van der Waals surface area contributed by atoms with Crippen LogP contribution in [0.25, 0.3) is 0 Å². The number of methoxy groups -OCH3 is 1. The fraction of sp³-hybridized carbons (Fsp3) is 0.438. The van der Waals surface area contributed by atoms with Crippen molar-refractivity contribution >= 4 is 23.5 Å². The summed E-state index contributed by atoms with van der Waals surface area (Å²) in [5.74, 6) is -4.56. The van der Waals surface area contributed by atoms with Crippen molar-refractivity contribution in [3.8, 4) is 0 Å². The molecule has 6 nitrogen and oxygen atoms in total. The largest absolute Gasteiger partial charge is 0.465 e. The van der Waals surface area contributed by atoms with Crippen LogP contribution in [0.2, 0.25) is 0 Å². The Morgan fingerprint density at radius 3 is 2.38 bits per heavy atom. The standard InChI is InChI=1S/C16H18F2N2O4/c1-9-3-5-20(6-4-9)15(22)14(21)19-13-7-10(16(23)24-2)11(17)8-12(13)18/h7-9H,3-6H2,1-2H3,(H,19,21). The van der Waals surface area contributed by atoms with Crippen molar-refractivity contribution in [2.24, 2.45) is 5.92 Å². The number of carbonyl (C=O) groups is 3. The van der Waals surface area contributed by atoms with Gasteiger partial charge in [0, 0.05) is 19.2 Å². The molecule has 1 aromatic rings. The monoisotopic (exact) mass is 340 g/mol. The van der Waals surface area contributed by atoms with Gasteiger partial charge >= 0.3 is 17.8 Å². The maximum absolute atomic E-state index is 13.8. The van der Waals surface area contributed by atoms with E-state index in [1.807, 2.05) is 0 Å². The Balaban J connectivity index is 2.13. The van der Waals surface area contributed by atoms with Crippen molar-refractivity contribution in [2.45, 2.75) is 19.8 Å². The number of ether oxygens (including phenoxy) is 1. The van der Waals surface area contributed by atoms with E-state index in [1.165, 1.54) is 4.90 Å². The zero-order valence-electron chi connectivity index (χ0n) is 13.4. The zero-order chi connectivity index (χ0) is 17.9. The number of piperidine rings is 1. The third kappa shape index (κ3) is 3.87. The van der Waals surface area contributed by atoms with Gasteiger partial charge in [-0.2, -0.15) is 0 Å². The minimum Gasteiger partial charge on any atom is -0.465 e. The maximum Gasteiger partial charge on any atom is 0.340 e. The number of rotatable bonds is 2. The van der Waals surface area contributed by atoms with Gasteiger partial charge in [-0.1, -0.05) is 6.92 Å². The predicted octanol–water partition coefficient (Wildman–Crippen LogP) is 1.95. The molecule has 1 heterocycles. The number of nitrogens with zero attached hydrogens (tertiary/aromatic N) is 1. The number of esters is 1. The first-order valence-corrected chi connectivity index (χ1v) is 7.51. The summed E-state index contributed by atoms with van der Waals surface area (Å²) < 4.78 is 31.7. The van der Waals surface area contributed by atoms with Crippen LogP contribution in [-0.2, 0) is 14.3 Å². The van der Waals surface area contributed by atoms with Crippen LogP contribution in [0, 0.1) is 17.6 Å². The molecule has 1 saturated heterocycles. The van der Waals surface area contributed by atoms with E-state index in [2.05, 4.69) is 17.0 Å². The summed E-state index contributed by atoms with van der Waals surface area (Å²) >= 11 is 0. The second kappa shape index (κ2) is 7.37. The number of hydrogen-bond acceptors (Lipinski definition) is 4. The van der Waals surface area contributed by atoms with E-state index in [0.717, 1.165) is 26.0 Å². The lowest BCUT2D eigenvalue weighted by molar-refractivity contribution is -0.144. The van der Waals surface area contributed by atoms with Gasteiger partial charge in [-0.15, -0.1) is 0 Å². The molecular weight excluding hydrogens is 322 g/mol. The zero-order valence-corrected chi connectivity index (χ0v) is 13.4. The summed E-state index contributed by atoms with van der Waals surface area (Å²) in [6.45, 7) is 2.96. The highest BCUT2D eigenvalue weighted by Gasteiger charge is 2.27. The second-order valence-electron chi connectivity index (χ2n) is 5.73. The maximum atomic E-state index is 13.8. The quantitative estimate of drug-likeness (QED) is 0.659. The molecule has 1 fully saturated rings. The van der Waals surface area contributed by atoms with E-state index in [4.69, 9.17) is 0 Å². The van der Waals surface area contributed by atoms with Gasteiger partial charge in [-0.25, -0.2) is 13.6 Å². The van der Waals surface area contributed by atoms with E-state index in [9.17, 15) is 23.2 Å². The molecule has 1 N–H and O–H groups in total. The van der Waals surface area contributed by atoms with Crippen molar-refractivity contribution in [3.63, 3.8) is 0 Å². The number of nitrogens with one attached hydrogen (secondary N) is 1. The predicted molar refractivity (Wildman–Crippen MR) is 81.3 cm³/mol. The van der Waals surface area contributed by atoms with E-state index < -0.39 is 40.7 Å². The summed E-state index contributed by atoms with van der Waals surface area (Å²) in [5, 5.41) is 2.09. The molecule has 2 amide bonds. The minimum atomic E-state index is -1.12. The third-order valence-electron chi connectivity index (χ3n) is 3.98. The highest BCUT2D eigenvalue weighted by atomic mass is 19.1. The lowest BCUT2D eigenvalue weighted by Crippen LogP contribution is -2.44. The van der Waals surface area contributed by atoms with Crippen LogP contribution >= 0.6 is 0 Å². The van der Waals surface area contributed by atoms with Gasteiger partial charge in [0.25, 0.3) is 0 Å². The van der Waals surface area contributed by atoms with Crippen molar-refractivity contribution < 1.29 is 27.9 Å². The van der Waals surface area contributed by atoms with Crippen LogP contribution in [0.5, 0.6) is 0 Å². The van der Waals surface area contributed by atoms with Crippen LogP contribution < -0.4 is 5.32 Å². The van der Waals surface area contributed by atoms with Gasteiger partial charge in [0.15, 0.2) is 0 Å². The Morgan fingerprint density at radius 1 is 1.17 bits per heavy atom. The molecule has 0 radical (unpaired) electrons. The van der Waals surface area contributed by atoms with Gasteiger partial charge in [0.2, 0.25) is 0 Å². The van der Waals surface area contributed by atoms with E-state index in [0.29, 0.717) is 25.1 Å². The molecule has 0 spiro atoms. The number of amides is 2. The van der Waals surface area contributed by atoms with Crippen molar-refractivity contribution in [3.05, 3.63) is 29.3 Å². The summed E-state index contributed by atoms with van der Waals surface area (Å²) in [6.07, 6.45) is 1.58. The number of carbonyl (C=O) groups excluding carboxylic acids is 3. The van der Waals surface area contributed by atoms with Crippen molar-refractivity contribution in [1.29, 1.82) is 0 Å². The molecule has 0 saturated carbocycles. The fourth-order valence-corrected chi connectivity index (χ4v) is 2.44. The highest BCUT2D eigenvalue weighted by molar-refractivity contribution is 6.39. The first-order valence-electron chi connectivity index (χ1n) is 7.51. The van der Waals surface area contributed by atoms with E-state index in [1.54, 1.807) is 0 Å². The Hall–Kier alpha value is -2.51. The topological polar surface area (TPSA) is 75.7 Å². The van der Waals surface area contributed by atoms with Gasteiger partial charge in [0.1, 0.15) is 11.6 Å². The Labute approximate surface area is 137 Å². The summed E-state index contributed by atoms with van der Waals surface area (Å²) in [6, 6.07) is 1.26. The number of likely N-dealkylation sites (tertiary alicyclic amines) is 1. The van der Waals surface area contributed by atoms with Crippen molar-refractivity contribution in [2.75, 3.05) is 25.5 Å². The summed E-state index contributed by atoms with van der Waals surface area (Å²) in [5.41, 5.74) is -0.992. The summed E-state index contributed by atoms with van der Waals surface area (Å²) in [7, 11) is 1.05. The molecule has 0 bridgehead atoms. The van der Waals surface area contributed by atoms with Crippen LogP contribution in [0.15, 0.2) is 12.1 Å². The van der Waals surface area contributed by atoms with Crippen LogP contribution in [-0.4, -0.2) is 42.9 Å². The molecule has 8 heteroatoms. The lowest BCUT2D eigenvalue weighted by atomic mass is 9.99. The van der Waals surface area contributed by atoms with Gasteiger partial charge in [-0.05, 0) is 24.8 Å². The van der Waals surface area contributed by atoms with Gasteiger partial charge < -0.3 is 15.0 Å². The Morgan fingerprint density at radius 2 is 1.79 bits per heavy atom. The third-order valence-corrected chi connectivity index (χ3v) is 3.98. The van der Waals surface area contributed by atoms with E-state index >= 15 is 0 Å². The number of benzene rings is 1. The average molecular weight is 340 g/mol. The molecule has 2 rings (SSSR count). The molecule has 1 aromatic carbocycles. The molecule has 0 atom stereocenters. The van der Waals surface area contributed by atoms with E-state index in [-0.39, 0.29) is 0 Å². The molecule has 130 valence electrons. The lowest BCUT2D eigenvalue weighted by Gasteiger charge is -2.29. The highest BCUT2D eigenvalue weighted by Crippen LogP contribution is 2.21. The summed E-state index contributed by atoms with van der Waals surface area (Å²) in [4.78, 5) is 36.9. The molecule has 1 aliphatic heterocycles. The molecule has 24 heavy (non-hydrogen) atoms. The molecule has 0 aromatic heterocycles. The Kier molecular flexibility index (Phi) is 5.48. The molecule has 1 aliphatic rings. The SMILES string of the molecule is COC(=O)c1cc(NC(=O)C(=O)N2CCC(C)CC2)c(F)cc1F. The number of hydrogen-bond donors (Lipinski definition) is 1. The molecule has 0 unspecified atom stereocenters. The van der Waals surface area contributed by atoms with Crippen molar-refractivity contribution in [1.82, 2.24) is 4.90 Å². The number of anilines is 1. The number of halogens is 2. The molecule has 0 aliphatic carbocycles. The van der Waals surface area contributed by atoms with Gasteiger partial charge in [0.05, 0.1) is 18.4 Å². The van der Waals surface area contributed by atoms with Gasteiger partial charge in [-0.3, -0.25) is 9.59 Å². The fourth-order valence-electron chi connectivity index (χ4n) is 2.44. The van der Waals surface area contributed by atoms with Crippen LogP contribution in [0.4, 0.5) is 14.5 Å².